The van der Waals surface area contributed by atoms with Crippen LogP contribution in [0.1, 0.15) is 36.8 Å². The predicted molar refractivity (Wildman–Crippen MR) is 107 cm³/mol. The largest absolute Gasteiger partial charge is 0.326 e. The molecule has 0 aromatic heterocycles. The summed E-state index contributed by atoms with van der Waals surface area (Å²) in [4.78, 5) is 12.4. The fourth-order valence-electron chi connectivity index (χ4n) is 3.32. The third kappa shape index (κ3) is 4.97. The van der Waals surface area contributed by atoms with Crippen molar-refractivity contribution >= 4 is 21.6 Å². The SMILES string of the molecule is Cc1cc(F)ccc1NC(=O)CCc1ccc(S(=O)(=O)N2CCCCC2)cc1. The first-order valence-corrected chi connectivity index (χ1v) is 11.0. The molecular weight excluding hydrogens is 379 g/mol. The third-order valence-corrected chi connectivity index (χ3v) is 6.89. The van der Waals surface area contributed by atoms with Gasteiger partial charge in [0.1, 0.15) is 5.82 Å². The molecule has 1 heterocycles. The van der Waals surface area contributed by atoms with E-state index in [0.29, 0.717) is 35.7 Å². The maximum absolute atomic E-state index is 13.1. The van der Waals surface area contributed by atoms with E-state index in [2.05, 4.69) is 5.32 Å². The first kappa shape index (κ1) is 20.5. The molecule has 1 aliphatic heterocycles. The van der Waals surface area contributed by atoms with Gasteiger partial charge >= 0.3 is 0 Å². The summed E-state index contributed by atoms with van der Waals surface area (Å²) < 4.78 is 40.0. The Bertz CT molecular complexity index is 937. The Hall–Kier alpha value is -2.25. The van der Waals surface area contributed by atoms with Crippen molar-refractivity contribution in [3.63, 3.8) is 0 Å². The standard InChI is InChI=1S/C21H25FN2O3S/c1-16-15-18(22)8-11-20(16)23-21(25)12-7-17-5-9-19(10-6-17)28(26,27)24-13-3-2-4-14-24/h5-6,8-11,15H,2-4,7,12-14H2,1H3,(H,23,25). The molecule has 0 radical (unpaired) electrons. The lowest BCUT2D eigenvalue weighted by atomic mass is 10.1. The average molecular weight is 405 g/mol. The molecule has 28 heavy (non-hydrogen) atoms. The van der Waals surface area contributed by atoms with E-state index >= 15 is 0 Å². The van der Waals surface area contributed by atoms with Gasteiger partial charge in [0.2, 0.25) is 15.9 Å². The normalized spacial score (nSPS) is 15.4. The van der Waals surface area contributed by atoms with Crippen molar-refractivity contribution in [1.29, 1.82) is 0 Å². The zero-order chi connectivity index (χ0) is 20.1. The van der Waals surface area contributed by atoms with Gasteiger partial charge in [-0.2, -0.15) is 4.31 Å². The number of rotatable bonds is 6. The van der Waals surface area contributed by atoms with Crippen molar-refractivity contribution in [2.75, 3.05) is 18.4 Å². The minimum atomic E-state index is -3.44. The van der Waals surface area contributed by atoms with E-state index in [4.69, 9.17) is 0 Å². The fraction of sp³-hybridized carbons (Fsp3) is 0.381. The summed E-state index contributed by atoms with van der Waals surface area (Å²) in [7, 11) is -3.44. The molecule has 1 fully saturated rings. The van der Waals surface area contributed by atoms with Gasteiger partial charge in [-0.05, 0) is 67.6 Å². The Morgan fingerprint density at radius 1 is 1.07 bits per heavy atom. The van der Waals surface area contributed by atoms with Gasteiger partial charge in [-0.15, -0.1) is 0 Å². The van der Waals surface area contributed by atoms with Gasteiger partial charge in [-0.25, -0.2) is 12.8 Å². The summed E-state index contributed by atoms with van der Waals surface area (Å²) in [6.45, 7) is 2.89. The lowest BCUT2D eigenvalue weighted by Crippen LogP contribution is -2.35. The number of hydrogen-bond acceptors (Lipinski definition) is 3. The van der Waals surface area contributed by atoms with E-state index in [-0.39, 0.29) is 18.1 Å². The molecule has 7 heteroatoms. The van der Waals surface area contributed by atoms with Gasteiger partial charge in [0, 0.05) is 25.2 Å². The quantitative estimate of drug-likeness (QED) is 0.795. The van der Waals surface area contributed by atoms with Crippen LogP contribution in [-0.4, -0.2) is 31.7 Å². The number of piperidine rings is 1. The summed E-state index contributed by atoms with van der Waals surface area (Å²) in [5.74, 6) is -0.505. The Balaban J connectivity index is 1.57. The van der Waals surface area contributed by atoms with Crippen LogP contribution in [0.2, 0.25) is 0 Å². The van der Waals surface area contributed by atoms with Crippen molar-refractivity contribution in [2.45, 2.75) is 43.9 Å². The number of carbonyl (C=O) groups is 1. The van der Waals surface area contributed by atoms with Gasteiger partial charge in [0.25, 0.3) is 0 Å². The van der Waals surface area contributed by atoms with E-state index in [9.17, 15) is 17.6 Å². The Morgan fingerprint density at radius 3 is 2.39 bits per heavy atom. The molecule has 0 atom stereocenters. The summed E-state index contributed by atoms with van der Waals surface area (Å²) in [5.41, 5.74) is 2.15. The highest BCUT2D eigenvalue weighted by molar-refractivity contribution is 7.89. The van der Waals surface area contributed by atoms with Crippen molar-refractivity contribution in [2.24, 2.45) is 0 Å². The molecule has 1 amide bonds. The molecule has 5 nitrogen and oxygen atoms in total. The van der Waals surface area contributed by atoms with Crippen molar-refractivity contribution in [3.05, 3.63) is 59.4 Å². The Labute approximate surface area is 165 Å². The smallest absolute Gasteiger partial charge is 0.243 e. The second-order valence-corrected chi connectivity index (χ2v) is 9.05. The van der Waals surface area contributed by atoms with Crippen LogP contribution in [-0.2, 0) is 21.2 Å². The van der Waals surface area contributed by atoms with Crippen LogP contribution < -0.4 is 5.32 Å². The lowest BCUT2D eigenvalue weighted by Gasteiger charge is -2.25. The summed E-state index contributed by atoms with van der Waals surface area (Å²) >= 11 is 0. The highest BCUT2D eigenvalue weighted by atomic mass is 32.2. The summed E-state index contributed by atoms with van der Waals surface area (Å²) in [6.07, 6.45) is 3.63. The molecule has 0 saturated carbocycles. The molecule has 2 aromatic carbocycles. The van der Waals surface area contributed by atoms with Crippen molar-refractivity contribution in [3.8, 4) is 0 Å². The van der Waals surface area contributed by atoms with Crippen LogP contribution in [0.3, 0.4) is 0 Å². The molecule has 1 N–H and O–H groups in total. The molecule has 3 rings (SSSR count). The predicted octanol–water partition coefficient (Wildman–Crippen LogP) is 3.88. The average Bonchev–Trinajstić information content (AvgIpc) is 2.69. The van der Waals surface area contributed by atoms with Crippen LogP contribution in [0.25, 0.3) is 0 Å². The molecule has 1 aliphatic rings. The van der Waals surface area contributed by atoms with Crippen LogP contribution in [0.15, 0.2) is 47.4 Å². The molecule has 0 bridgehead atoms. The molecule has 0 unspecified atom stereocenters. The van der Waals surface area contributed by atoms with Crippen LogP contribution in [0, 0.1) is 12.7 Å². The molecule has 1 saturated heterocycles. The zero-order valence-corrected chi connectivity index (χ0v) is 16.8. The van der Waals surface area contributed by atoms with Gasteiger partial charge in [0.05, 0.1) is 4.90 Å². The summed E-state index contributed by atoms with van der Waals surface area (Å²) in [6, 6.07) is 11.0. The van der Waals surface area contributed by atoms with Crippen LogP contribution in [0.4, 0.5) is 10.1 Å². The number of amides is 1. The minimum Gasteiger partial charge on any atom is -0.326 e. The van der Waals surface area contributed by atoms with E-state index < -0.39 is 10.0 Å². The number of sulfonamides is 1. The number of benzene rings is 2. The van der Waals surface area contributed by atoms with Crippen LogP contribution >= 0.6 is 0 Å². The van der Waals surface area contributed by atoms with E-state index in [1.165, 1.54) is 12.1 Å². The van der Waals surface area contributed by atoms with Crippen molar-refractivity contribution in [1.82, 2.24) is 4.31 Å². The second-order valence-electron chi connectivity index (χ2n) is 7.12. The first-order chi connectivity index (χ1) is 13.4. The van der Waals surface area contributed by atoms with E-state index in [1.807, 2.05) is 0 Å². The molecule has 0 spiro atoms. The topological polar surface area (TPSA) is 66.5 Å². The number of hydrogen-bond donors (Lipinski definition) is 1. The summed E-state index contributed by atoms with van der Waals surface area (Å²) in [5, 5.41) is 2.78. The Kier molecular flexibility index (Phi) is 6.46. The van der Waals surface area contributed by atoms with Gasteiger partial charge in [0.15, 0.2) is 0 Å². The molecule has 0 aliphatic carbocycles. The highest BCUT2D eigenvalue weighted by Gasteiger charge is 2.25. The number of anilines is 1. The first-order valence-electron chi connectivity index (χ1n) is 9.51. The molecular formula is C21H25FN2O3S. The van der Waals surface area contributed by atoms with Gasteiger partial charge < -0.3 is 5.32 Å². The molecule has 2 aromatic rings. The highest BCUT2D eigenvalue weighted by Crippen LogP contribution is 2.21. The number of carbonyl (C=O) groups excluding carboxylic acids is 1. The van der Waals surface area contributed by atoms with E-state index in [0.717, 1.165) is 24.8 Å². The minimum absolute atomic E-state index is 0.167. The maximum atomic E-state index is 13.1. The lowest BCUT2D eigenvalue weighted by molar-refractivity contribution is -0.116. The maximum Gasteiger partial charge on any atom is 0.243 e. The fourth-order valence-corrected chi connectivity index (χ4v) is 4.84. The van der Waals surface area contributed by atoms with Crippen LogP contribution in [0.5, 0.6) is 0 Å². The number of halogens is 1. The number of nitrogens with one attached hydrogen (secondary N) is 1. The van der Waals surface area contributed by atoms with E-state index in [1.54, 1.807) is 41.6 Å². The Morgan fingerprint density at radius 2 is 1.75 bits per heavy atom. The monoisotopic (exact) mass is 404 g/mol. The van der Waals surface area contributed by atoms with Crippen molar-refractivity contribution < 1.29 is 17.6 Å². The number of aryl methyl sites for hydroxylation is 2. The second kappa shape index (κ2) is 8.84. The third-order valence-electron chi connectivity index (χ3n) is 4.98. The molecule has 150 valence electrons. The zero-order valence-electron chi connectivity index (χ0n) is 15.9. The van der Waals surface area contributed by atoms with Gasteiger partial charge in [-0.1, -0.05) is 18.6 Å². The van der Waals surface area contributed by atoms with Gasteiger partial charge in [-0.3, -0.25) is 4.79 Å². The number of nitrogens with zero attached hydrogens (tertiary/aromatic N) is 1.